The van der Waals surface area contributed by atoms with Gasteiger partial charge in [0.1, 0.15) is 5.75 Å². The van der Waals surface area contributed by atoms with Crippen molar-refractivity contribution < 1.29 is 9.53 Å². The zero-order valence-electron chi connectivity index (χ0n) is 15.7. The fourth-order valence-corrected chi connectivity index (χ4v) is 3.38. The molecule has 0 spiro atoms. The summed E-state index contributed by atoms with van der Waals surface area (Å²) in [6.07, 6.45) is 5.57. The second kappa shape index (κ2) is 8.24. The van der Waals surface area contributed by atoms with Crippen molar-refractivity contribution >= 4 is 39.9 Å². The van der Waals surface area contributed by atoms with Crippen LogP contribution in [0.15, 0.2) is 73.2 Å². The zero-order valence-corrected chi connectivity index (χ0v) is 16.5. The molecule has 2 heterocycles. The van der Waals surface area contributed by atoms with Crippen LogP contribution in [0.25, 0.3) is 10.9 Å². The van der Waals surface area contributed by atoms with Gasteiger partial charge in [-0.15, -0.1) is 0 Å². The van der Waals surface area contributed by atoms with Gasteiger partial charge in [0, 0.05) is 35.5 Å². The average Bonchev–Trinajstić information content (AvgIpc) is 3.13. The highest BCUT2D eigenvalue weighted by atomic mass is 35.5. The molecule has 2 N–H and O–H groups in total. The first-order chi connectivity index (χ1) is 14.1. The summed E-state index contributed by atoms with van der Waals surface area (Å²) < 4.78 is 7.41. The van der Waals surface area contributed by atoms with Gasteiger partial charge in [0.05, 0.1) is 24.0 Å². The minimum Gasteiger partial charge on any atom is -0.495 e. The summed E-state index contributed by atoms with van der Waals surface area (Å²) in [4.78, 5) is 16.6. The van der Waals surface area contributed by atoms with Gasteiger partial charge in [-0.3, -0.25) is 4.98 Å². The summed E-state index contributed by atoms with van der Waals surface area (Å²) in [5.74, 6) is 0.534. The summed E-state index contributed by atoms with van der Waals surface area (Å²) >= 11 is 6.03. The van der Waals surface area contributed by atoms with Crippen LogP contribution < -0.4 is 15.4 Å². The van der Waals surface area contributed by atoms with E-state index in [1.807, 2.05) is 42.6 Å². The standard InChI is InChI=1S/C22H19ClN4O2/c1-29-21-6-5-16(23)13-19(21)26-22(28)25-18-3-2-4-20-17(18)9-12-27(20)14-15-7-10-24-11-8-15/h2-13H,14H2,1H3,(H2,25,26,28). The highest BCUT2D eigenvalue weighted by Crippen LogP contribution is 2.29. The molecule has 2 aromatic heterocycles. The number of carbonyl (C=O) groups is 1. The van der Waals surface area contributed by atoms with E-state index in [0.29, 0.717) is 16.5 Å². The second-order valence-electron chi connectivity index (χ2n) is 6.46. The number of anilines is 2. The first-order valence-corrected chi connectivity index (χ1v) is 9.40. The van der Waals surface area contributed by atoms with Crippen molar-refractivity contribution in [1.82, 2.24) is 9.55 Å². The molecule has 0 aliphatic heterocycles. The molecule has 6 nitrogen and oxygen atoms in total. The predicted octanol–water partition coefficient (Wildman–Crippen LogP) is 5.39. The number of benzene rings is 2. The number of methoxy groups -OCH3 is 1. The third-order valence-electron chi connectivity index (χ3n) is 4.57. The summed E-state index contributed by atoms with van der Waals surface area (Å²) in [5, 5.41) is 7.16. The zero-order chi connectivity index (χ0) is 20.2. The Morgan fingerprint density at radius 3 is 2.66 bits per heavy atom. The molecule has 4 rings (SSSR count). The minimum absolute atomic E-state index is 0.375. The molecule has 0 saturated heterocycles. The first-order valence-electron chi connectivity index (χ1n) is 9.02. The van der Waals surface area contributed by atoms with Gasteiger partial charge in [0.25, 0.3) is 0 Å². The lowest BCUT2D eigenvalue weighted by Gasteiger charge is -2.12. The number of pyridine rings is 1. The van der Waals surface area contributed by atoms with Crippen molar-refractivity contribution in [2.24, 2.45) is 0 Å². The van der Waals surface area contributed by atoms with Crippen molar-refractivity contribution in [3.63, 3.8) is 0 Å². The molecular weight excluding hydrogens is 388 g/mol. The highest BCUT2D eigenvalue weighted by Gasteiger charge is 2.11. The Labute approximate surface area is 173 Å². The van der Waals surface area contributed by atoms with E-state index in [0.717, 1.165) is 28.7 Å². The molecular formula is C22H19ClN4O2. The van der Waals surface area contributed by atoms with E-state index < -0.39 is 0 Å². The molecule has 0 aliphatic rings. The number of hydrogen-bond donors (Lipinski definition) is 2. The fourth-order valence-electron chi connectivity index (χ4n) is 3.21. The van der Waals surface area contributed by atoms with Crippen molar-refractivity contribution in [3.05, 3.63) is 83.8 Å². The van der Waals surface area contributed by atoms with E-state index in [4.69, 9.17) is 16.3 Å². The minimum atomic E-state index is -0.375. The Bertz CT molecular complexity index is 1160. The molecule has 0 unspecified atom stereocenters. The smallest absolute Gasteiger partial charge is 0.323 e. The van der Waals surface area contributed by atoms with E-state index in [9.17, 15) is 4.79 Å². The van der Waals surface area contributed by atoms with Crippen molar-refractivity contribution in [1.29, 1.82) is 0 Å². The van der Waals surface area contributed by atoms with Gasteiger partial charge in [0.15, 0.2) is 0 Å². The SMILES string of the molecule is COc1ccc(Cl)cc1NC(=O)Nc1cccc2c1ccn2Cc1ccncc1. The molecule has 0 aliphatic carbocycles. The number of rotatable bonds is 5. The van der Waals surface area contributed by atoms with Crippen LogP contribution in [0, 0.1) is 0 Å². The lowest BCUT2D eigenvalue weighted by Crippen LogP contribution is -2.20. The Kier molecular flexibility index (Phi) is 5.35. The van der Waals surface area contributed by atoms with Gasteiger partial charge in [0.2, 0.25) is 0 Å². The molecule has 0 saturated carbocycles. The molecule has 29 heavy (non-hydrogen) atoms. The Morgan fingerprint density at radius 2 is 1.86 bits per heavy atom. The van der Waals surface area contributed by atoms with Crippen LogP contribution in [-0.4, -0.2) is 22.7 Å². The fraction of sp³-hybridized carbons (Fsp3) is 0.0909. The quantitative estimate of drug-likeness (QED) is 0.467. The lowest BCUT2D eigenvalue weighted by atomic mass is 10.2. The largest absolute Gasteiger partial charge is 0.495 e. The number of carbonyl (C=O) groups excluding carboxylic acids is 1. The van der Waals surface area contributed by atoms with Crippen LogP contribution in [-0.2, 0) is 6.54 Å². The maximum absolute atomic E-state index is 12.6. The van der Waals surface area contributed by atoms with Crippen LogP contribution in [0.2, 0.25) is 5.02 Å². The molecule has 0 fully saturated rings. The second-order valence-corrected chi connectivity index (χ2v) is 6.90. The number of aromatic nitrogens is 2. The maximum Gasteiger partial charge on any atom is 0.323 e. The normalized spacial score (nSPS) is 10.7. The predicted molar refractivity (Wildman–Crippen MR) is 116 cm³/mol. The number of urea groups is 1. The molecule has 0 atom stereocenters. The van der Waals surface area contributed by atoms with Gasteiger partial charge in [-0.2, -0.15) is 0 Å². The van der Waals surface area contributed by atoms with Crippen LogP contribution in [0.4, 0.5) is 16.2 Å². The van der Waals surface area contributed by atoms with Crippen LogP contribution in [0.5, 0.6) is 5.75 Å². The van der Waals surface area contributed by atoms with E-state index in [1.165, 1.54) is 0 Å². The number of amides is 2. The number of fused-ring (bicyclic) bond motifs is 1. The third-order valence-corrected chi connectivity index (χ3v) is 4.81. The first kappa shape index (κ1) is 18.8. The lowest BCUT2D eigenvalue weighted by molar-refractivity contribution is 0.262. The van der Waals surface area contributed by atoms with E-state index in [2.05, 4.69) is 20.2 Å². The van der Waals surface area contributed by atoms with E-state index in [1.54, 1.807) is 37.7 Å². The molecule has 7 heteroatoms. The van der Waals surface area contributed by atoms with Crippen LogP contribution in [0.3, 0.4) is 0 Å². The van der Waals surface area contributed by atoms with Gasteiger partial charge < -0.3 is 19.9 Å². The van der Waals surface area contributed by atoms with Gasteiger partial charge in [-0.05, 0) is 54.1 Å². The number of ether oxygens (including phenoxy) is 1. The molecule has 146 valence electrons. The van der Waals surface area contributed by atoms with E-state index in [-0.39, 0.29) is 6.03 Å². The summed E-state index contributed by atoms with van der Waals surface area (Å²) in [5.41, 5.74) is 3.40. The van der Waals surface area contributed by atoms with E-state index >= 15 is 0 Å². The number of hydrogen-bond acceptors (Lipinski definition) is 3. The topological polar surface area (TPSA) is 68.2 Å². The summed E-state index contributed by atoms with van der Waals surface area (Å²) in [6, 6.07) is 16.5. The average molecular weight is 407 g/mol. The third kappa shape index (κ3) is 4.17. The van der Waals surface area contributed by atoms with Gasteiger partial charge in [-0.25, -0.2) is 4.79 Å². The molecule has 4 aromatic rings. The molecule has 2 amide bonds. The Hall–Kier alpha value is -3.51. The summed E-state index contributed by atoms with van der Waals surface area (Å²) in [6.45, 7) is 0.724. The number of nitrogens with zero attached hydrogens (tertiary/aromatic N) is 2. The van der Waals surface area contributed by atoms with Gasteiger partial charge >= 0.3 is 6.03 Å². The van der Waals surface area contributed by atoms with Crippen molar-refractivity contribution in [3.8, 4) is 5.75 Å². The Morgan fingerprint density at radius 1 is 1.07 bits per heavy atom. The summed E-state index contributed by atoms with van der Waals surface area (Å²) in [7, 11) is 1.54. The molecule has 0 bridgehead atoms. The number of nitrogens with one attached hydrogen (secondary N) is 2. The highest BCUT2D eigenvalue weighted by molar-refractivity contribution is 6.31. The van der Waals surface area contributed by atoms with Crippen molar-refractivity contribution in [2.75, 3.05) is 17.7 Å². The van der Waals surface area contributed by atoms with Crippen LogP contribution in [0.1, 0.15) is 5.56 Å². The van der Waals surface area contributed by atoms with Crippen LogP contribution >= 0.6 is 11.6 Å². The monoisotopic (exact) mass is 406 g/mol. The van der Waals surface area contributed by atoms with Crippen molar-refractivity contribution in [2.45, 2.75) is 6.54 Å². The maximum atomic E-state index is 12.6. The molecule has 2 aromatic carbocycles. The molecule has 0 radical (unpaired) electrons. The van der Waals surface area contributed by atoms with Gasteiger partial charge in [-0.1, -0.05) is 17.7 Å². The number of halogens is 1. The Balaban J connectivity index is 1.55.